The van der Waals surface area contributed by atoms with Crippen LogP contribution in [0.4, 0.5) is 0 Å². The number of rotatable bonds is 5. The summed E-state index contributed by atoms with van der Waals surface area (Å²) in [6.45, 7) is 0.446. The number of sulfonamides is 1. The summed E-state index contributed by atoms with van der Waals surface area (Å²) in [5, 5.41) is 0.0135. The number of thioether (sulfide) groups is 1. The van der Waals surface area contributed by atoms with Crippen LogP contribution in [0.1, 0.15) is 25.7 Å². The Morgan fingerprint density at radius 2 is 2.16 bits per heavy atom. The van der Waals surface area contributed by atoms with Gasteiger partial charge in [0.05, 0.1) is 0 Å². The Labute approximate surface area is 123 Å². The minimum Gasteiger partial charge on any atom is -0.243 e. The average Bonchev–Trinajstić information content (AvgIpc) is 2.86. The first-order valence-electron chi connectivity index (χ1n) is 6.14. The monoisotopic (exact) mass is 320 g/mol. The number of halogens is 1. The standard InChI is InChI=1S/C12H17ClN2O2S2/c1-18-12(6-2-3-7-12)9-15-19(16,17)10-5-4-8-14-11(10)13/h4-5,8,15H,2-3,6-7,9H2,1H3. The first-order valence-corrected chi connectivity index (χ1v) is 9.23. The molecule has 1 fully saturated rings. The van der Waals surface area contributed by atoms with Crippen LogP contribution in [0.15, 0.2) is 23.2 Å². The van der Waals surface area contributed by atoms with Gasteiger partial charge in [-0.25, -0.2) is 18.1 Å². The third-order valence-corrected chi connectivity index (χ3v) is 6.81. The highest BCUT2D eigenvalue weighted by molar-refractivity contribution is 8.00. The Balaban J connectivity index is 2.12. The molecule has 1 saturated carbocycles. The van der Waals surface area contributed by atoms with Crippen molar-refractivity contribution in [2.45, 2.75) is 35.3 Å². The van der Waals surface area contributed by atoms with Crippen LogP contribution in [0, 0.1) is 0 Å². The molecule has 4 nitrogen and oxygen atoms in total. The highest BCUT2D eigenvalue weighted by Crippen LogP contribution is 2.39. The van der Waals surface area contributed by atoms with E-state index in [0.29, 0.717) is 6.54 Å². The van der Waals surface area contributed by atoms with Crippen molar-refractivity contribution < 1.29 is 8.42 Å². The van der Waals surface area contributed by atoms with E-state index < -0.39 is 10.0 Å². The largest absolute Gasteiger partial charge is 0.243 e. The number of hydrogen-bond donors (Lipinski definition) is 1. The molecular weight excluding hydrogens is 304 g/mol. The predicted octanol–water partition coefficient (Wildman–Crippen LogP) is 2.69. The maximum absolute atomic E-state index is 12.2. The summed E-state index contributed by atoms with van der Waals surface area (Å²) < 4.78 is 27.2. The number of aromatic nitrogens is 1. The number of hydrogen-bond acceptors (Lipinski definition) is 4. The summed E-state index contributed by atoms with van der Waals surface area (Å²) in [5.74, 6) is 0. The third-order valence-electron chi connectivity index (χ3n) is 3.55. The van der Waals surface area contributed by atoms with E-state index in [9.17, 15) is 8.42 Å². The first kappa shape index (κ1) is 15.1. The molecule has 0 unspecified atom stereocenters. The fourth-order valence-electron chi connectivity index (χ4n) is 2.35. The molecule has 0 saturated heterocycles. The van der Waals surface area contributed by atoms with Crippen LogP contribution in [-0.2, 0) is 10.0 Å². The molecule has 19 heavy (non-hydrogen) atoms. The predicted molar refractivity (Wildman–Crippen MR) is 79.1 cm³/mol. The summed E-state index contributed by atoms with van der Waals surface area (Å²) in [5.41, 5.74) is 0. The lowest BCUT2D eigenvalue weighted by Crippen LogP contribution is -2.38. The van der Waals surface area contributed by atoms with Crippen LogP contribution in [-0.4, -0.2) is 30.9 Å². The highest BCUT2D eigenvalue weighted by atomic mass is 35.5. The zero-order valence-corrected chi connectivity index (χ0v) is 13.1. The quantitative estimate of drug-likeness (QED) is 0.847. The van der Waals surface area contributed by atoms with Gasteiger partial charge in [0.2, 0.25) is 10.0 Å². The summed E-state index contributed by atoms with van der Waals surface area (Å²) in [6.07, 6.45) is 7.94. The fourth-order valence-corrected chi connectivity index (χ4v) is 4.93. The van der Waals surface area contributed by atoms with Gasteiger partial charge in [-0.05, 0) is 31.2 Å². The van der Waals surface area contributed by atoms with Crippen molar-refractivity contribution in [3.05, 3.63) is 23.5 Å². The minimum absolute atomic E-state index is 0.0135. The molecule has 1 aromatic rings. The van der Waals surface area contributed by atoms with Crippen LogP contribution in [0.3, 0.4) is 0 Å². The molecule has 7 heteroatoms. The maximum atomic E-state index is 12.2. The Morgan fingerprint density at radius 3 is 2.74 bits per heavy atom. The van der Waals surface area contributed by atoms with Crippen molar-refractivity contribution in [1.82, 2.24) is 9.71 Å². The van der Waals surface area contributed by atoms with Crippen LogP contribution >= 0.6 is 23.4 Å². The molecule has 0 amide bonds. The van der Waals surface area contributed by atoms with E-state index in [0.717, 1.165) is 25.7 Å². The van der Waals surface area contributed by atoms with E-state index in [-0.39, 0.29) is 14.8 Å². The molecule has 1 heterocycles. The van der Waals surface area contributed by atoms with E-state index in [2.05, 4.69) is 9.71 Å². The molecule has 0 bridgehead atoms. The molecule has 0 spiro atoms. The Morgan fingerprint density at radius 1 is 1.47 bits per heavy atom. The van der Waals surface area contributed by atoms with Crippen molar-refractivity contribution in [2.75, 3.05) is 12.8 Å². The molecule has 0 aromatic carbocycles. The van der Waals surface area contributed by atoms with Crippen LogP contribution in [0.2, 0.25) is 5.15 Å². The molecule has 0 radical (unpaired) electrons. The van der Waals surface area contributed by atoms with Gasteiger partial charge in [0.1, 0.15) is 10.0 Å². The molecule has 1 aliphatic carbocycles. The first-order chi connectivity index (χ1) is 8.99. The van der Waals surface area contributed by atoms with E-state index in [4.69, 9.17) is 11.6 Å². The van der Waals surface area contributed by atoms with Crippen molar-refractivity contribution in [3.63, 3.8) is 0 Å². The van der Waals surface area contributed by atoms with E-state index in [1.54, 1.807) is 17.8 Å². The van der Waals surface area contributed by atoms with Gasteiger partial charge in [-0.15, -0.1) is 0 Å². The van der Waals surface area contributed by atoms with Crippen LogP contribution in [0.25, 0.3) is 0 Å². The zero-order chi connectivity index (χ0) is 13.9. The molecule has 0 aliphatic heterocycles. The maximum Gasteiger partial charge on any atom is 0.243 e. The van der Waals surface area contributed by atoms with E-state index in [1.165, 1.54) is 12.3 Å². The smallest absolute Gasteiger partial charge is 0.243 e. The van der Waals surface area contributed by atoms with Gasteiger partial charge < -0.3 is 0 Å². The van der Waals surface area contributed by atoms with Gasteiger partial charge in [-0.2, -0.15) is 11.8 Å². The van der Waals surface area contributed by atoms with Crippen molar-refractivity contribution >= 4 is 33.4 Å². The fraction of sp³-hybridized carbons (Fsp3) is 0.583. The van der Waals surface area contributed by atoms with Crippen LogP contribution < -0.4 is 4.72 Å². The lowest BCUT2D eigenvalue weighted by Gasteiger charge is -2.26. The van der Waals surface area contributed by atoms with Crippen molar-refractivity contribution in [1.29, 1.82) is 0 Å². The van der Waals surface area contributed by atoms with Gasteiger partial charge in [-0.1, -0.05) is 24.4 Å². The number of nitrogens with one attached hydrogen (secondary N) is 1. The van der Waals surface area contributed by atoms with Crippen LogP contribution in [0.5, 0.6) is 0 Å². The topological polar surface area (TPSA) is 59.1 Å². The molecule has 1 aromatic heterocycles. The van der Waals surface area contributed by atoms with Gasteiger partial charge >= 0.3 is 0 Å². The molecule has 1 aliphatic rings. The summed E-state index contributed by atoms with van der Waals surface area (Å²) in [4.78, 5) is 3.85. The second kappa shape index (κ2) is 5.99. The Hall–Kier alpha value is -0.300. The number of pyridine rings is 1. The van der Waals surface area contributed by atoms with Gasteiger partial charge in [0.15, 0.2) is 0 Å². The van der Waals surface area contributed by atoms with Gasteiger partial charge in [-0.3, -0.25) is 0 Å². The summed E-state index contributed by atoms with van der Waals surface area (Å²) >= 11 is 7.58. The highest BCUT2D eigenvalue weighted by Gasteiger charge is 2.34. The van der Waals surface area contributed by atoms with Gasteiger partial charge in [0, 0.05) is 17.5 Å². The lowest BCUT2D eigenvalue weighted by atomic mass is 10.1. The Kier molecular flexibility index (Phi) is 4.76. The second-order valence-corrected chi connectivity index (χ2v) is 8.08. The van der Waals surface area contributed by atoms with E-state index >= 15 is 0 Å². The molecule has 2 rings (SSSR count). The van der Waals surface area contributed by atoms with Crippen molar-refractivity contribution in [3.8, 4) is 0 Å². The second-order valence-electron chi connectivity index (χ2n) is 4.71. The van der Waals surface area contributed by atoms with Crippen molar-refractivity contribution in [2.24, 2.45) is 0 Å². The minimum atomic E-state index is -3.58. The molecule has 0 atom stereocenters. The van der Waals surface area contributed by atoms with E-state index in [1.807, 2.05) is 6.26 Å². The zero-order valence-electron chi connectivity index (χ0n) is 10.7. The molecular formula is C12H17ClN2O2S2. The number of nitrogens with zero attached hydrogens (tertiary/aromatic N) is 1. The SMILES string of the molecule is CSC1(CNS(=O)(=O)c2cccnc2Cl)CCCC1. The molecule has 1 N–H and O–H groups in total. The normalized spacial score (nSPS) is 18.6. The summed E-state index contributed by atoms with van der Waals surface area (Å²) in [6, 6.07) is 3.04. The Bertz CT molecular complexity index is 542. The lowest BCUT2D eigenvalue weighted by molar-refractivity contribution is 0.551. The third kappa shape index (κ3) is 3.42. The average molecular weight is 321 g/mol. The summed E-state index contributed by atoms with van der Waals surface area (Å²) in [7, 11) is -3.58. The van der Waals surface area contributed by atoms with Gasteiger partial charge in [0.25, 0.3) is 0 Å². The molecule has 106 valence electrons.